The van der Waals surface area contributed by atoms with Crippen molar-refractivity contribution in [3.63, 3.8) is 0 Å². The van der Waals surface area contributed by atoms with Crippen LogP contribution < -0.4 is 0 Å². The van der Waals surface area contributed by atoms with E-state index < -0.39 is 0 Å². The standard InChI is InChI=1S/C15H13N3S3/c16-18-17-9-1-3-11-5-6-14(20-11)15-8-7-13(21-15)12-4-2-10-19-12/h2,4-8,10H,1,3,9H2. The van der Waals surface area contributed by atoms with Crippen molar-refractivity contribution in [1.29, 1.82) is 0 Å². The van der Waals surface area contributed by atoms with Gasteiger partial charge in [-0.05, 0) is 54.1 Å². The molecule has 0 spiro atoms. The second-order valence-electron chi connectivity index (χ2n) is 4.47. The highest BCUT2D eigenvalue weighted by atomic mass is 32.1. The topological polar surface area (TPSA) is 48.8 Å². The van der Waals surface area contributed by atoms with E-state index in [2.05, 4.69) is 51.8 Å². The third-order valence-corrected chi connectivity index (χ3v) is 6.51. The van der Waals surface area contributed by atoms with E-state index in [0.717, 1.165) is 12.8 Å². The molecule has 0 unspecified atom stereocenters. The summed E-state index contributed by atoms with van der Waals surface area (Å²) in [7, 11) is 0. The normalized spacial score (nSPS) is 10.5. The van der Waals surface area contributed by atoms with Gasteiger partial charge in [0.2, 0.25) is 0 Å². The van der Waals surface area contributed by atoms with Crippen molar-refractivity contribution < 1.29 is 0 Å². The van der Waals surface area contributed by atoms with Gasteiger partial charge in [0.1, 0.15) is 0 Å². The van der Waals surface area contributed by atoms with E-state index in [1.165, 1.54) is 24.4 Å². The van der Waals surface area contributed by atoms with Crippen LogP contribution in [0.25, 0.3) is 30.0 Å². The second kappa shape index (κ2) is 6.91. The molecule has 6 heteroatoms. The molecular formula is C15H13N3S3. The summed E-state index contributed by atoms with van der Waals surface area (Å²) >= 11 is 5.46. The number of nitrogens with zero attached hydrogens (tertiary/aromatic N) is 3. The summed E-state index contributed by atoms with van der Waals surface area (Å²) in [5.74, 6) is 0. The molecule has 0 saturated heterocycles. The summed E-state index contributed by atoms with van der Waals surface area (Å²) in [5, 5.41) is 5.68. The maximum atomic E-state index is 8.26. The van der Waals surface area contributed by atoms with Crippen LogP contribution in [0.5, 0.6) is 0 Å². The van der Waals surface area contributed by atoms with Crippen molar-refractivity contribution in [2.24, 2.45) is 5.11 Å². The molecule has 0 radical (unpaired) electrons. The highest BCUT2D eigenvalue weighted by Gasteiger charge is 2.08. The maximum Gasteiger partial charge on any atom is 0.0449 e. The van der Waals surface area contributed by atoms with Crippen molar-refractivity contribution in [3.05, 3.63) is 57.1 Å². The average Bonchev–Trinajstić information content (AvgIpc) is 3.23. The van der Waals surface area contributed by atoms with Gasteiger partial charge in [0, 0.05) is 35.8 Å². The van der Waals surface area contributed by atoms with Crippen LogP contribution in [0.15, 0.2) is 46.9 Å². The lowest BCUT2D eigenvalue weighted by molar-refractivity contribution is 0.837. The van der Waals surface area contributed by atoms with E-state index >= 15 is 0 Å². The molecule has 0 aliphatic rings. The predicted molar refractivity (Wildman–Crippen MR) is 93.3 cm³/mol. The summed E-state index contributed by atoms with van der Waals surface area (Å²) < 4.78 is 0. The van der Waals surface area contributed by atoms with Gasteiger partial charge in [-0.2, -0.15) is 0 Å². The largest absolute Gasteiger partial charge is 0.143 e. The number of azide groups is 1. The number of aryl methyl sites for hydroxylation is 1. The lowest BCUT2D eigenvalue weighted by atomic mass is 10.2. The third kappa shape index (κ3) is 3.54. The van der Waals surface area contributed by atoms with E-state index in [1.54, 1.807) is 11.3 Å². The van der Waals surface area contributed by atoms with Crippen molar-refractivity contribution in [2.75, 3.05) is 6.54 Å². The minimum atomic E-state index is 0.575. The predicted octanol–water partition coefficient (Wildman–Crippen LogP) is 6.45. The van der Waals surface area contributed by atoms with Gasteiger partial charge in [-0.25, -0.2) is 0 Å². The van der Waals surface area contributed by atoms with Crippen molar-refractivity contribution in [1.82, 2.24) is 0 Å². The molecule has 0 amide bonds. The fourth-order valence-corrected chi connectivity index (χ4v) is 5.02. The summed E-state index contributed by atoms with van der Waals surface area (Å²) in [5.41, 5.74) is 8.26. The first-order chi connectivity index (χ1) is 10.4. The molecule has 3 nitrogen and oxygen atoms in total. The van der Waals surface area contributed by atoms with Crippen LogP contribution in [0.2, 0.25) is 0 Å². The van der Waals surface area contributed by atoms with Gasteiger partial charge in [-0.3, -0.25) is 0 Å². The molecular weight excluding hydrogens is 318 g/mol. The van der Waals surface area contributed by atoms with Gasteiger partial charge in [0.25, 0.3) is 0 Å². The number of hydrogen-bond donors (Lipinski definition) is 0. The van der Waals surface area contributed by atoms with Gasteiger partial charge in [0.15, 0.2) is 0 Å². The Bertz CT molecular complexity index is 749. The lowest BCUT2D eigenvalue weighted by Crippen LogP contribution is -1.82. The Kier molecular flexibility index (Phi) is 4.72. The first kappa shape index (κ1) is 14.4. The van der Waals surface area contributed by atoms with Gasteiger partial charge >= 0.3 is 0 Å². The molecule has 0 bridgehead atoms. The van der Waals surface area contributed by atoms with Crippen molar-refractivity contribution in [2.45, 2.75) is 12.8 Å². The van der Waals surface area contributed by atoms with Gasteiger partial charge in [-0.1, -0.05) is 11.2 Å². The van der Waals surface area contributed by atoms with Crippen LogP contribution in [0, 0.1) is 0 Å². The molecule has 0 aromatic carbocycles. The van der Waals surface area contributed by atoms with Crippen LogP contribution in [0.3, 0.4) is 0 Å². The molecule has 0 aliphatic heterocycles. The lowest BCUT2D eigenvalue weighted by Gasteiger charge is -1.93. The zero-order valence-corrected chi connectivity index (χ0v) is 13.7. The molecule has 21 heavy (non-hydrogen) atoms. The molecule has 3 aromatic heterocycles. The average molecular weight is 331 g/mol. The highest BCUT2D eigenvalue weighted by Crippen LogP contribution is 2.39. The second-order valence-corrected chi connectivity index (χ2v) is 7.66. The van der Waals surface area contributed by atoms with Crippen molar-refractivity contribution in [3.8, 4) is 19.5 Å². The Morgan fingerprint density at radius 1 is 0.952 bits per heavy atom. The molecule has 0 aliphatic carbocycles. The summed E-state index contributed by atoms with van der Waals surface area (Å²) in [4.78, 5) is 9.44. The highest BCUT2D eigenvalue weighted by molar-refractivity contribution is 7.26. The van der Waals surface area contributed by atoms with E-state index in [0.29, 0.717) is 6.54 Å². The molecule has 3 aromatic rings. The molecule has 106 valence electrons. The Morgan fingerprint density at radius 3 is 2.48 bits per heavy atom. The monoisotopic (exact) mass is 331 g/mol. The smallest absolute Gasteiger partial charge is 0.0449 e. The van der Waals surface area contributed by atoms with E-state index in [-0.39, 0.29) is 0 Å². The minimum Gasteiger partial charge on any atom is -0.143 e. The quantitative estimate of drug-likeness (QED) is 0.216. The van der Waals surface area contributed by atoms with Gasteiger partial charge < -0.3 is 0 Å². The summed E-state index contributed by atoms with van der Waals surface area (Å²) in [6.45, 7) is 0.575. The zero-order valence-electron chi connectivity index (χ0n) is 11.2. The van der Waals surface area contributed by atoms with E-state index in [1.807, 2.05) is 22.7 Å². The Balaban J connectivity index is 1.70. The number of rotatable bonds is 6. The van der Waals surface area contributed by atoms with Crippen LogP contribution in [0.4, 0.5) is 0 Å². The fraction of sp³-hybridized carbons (Fsp3) is 0.200. The SMILES string of the molecule is [N-]=[N+]=NCCCc1ccc(-c2ccc(-c3cccs3)s2)s1. The fourth-order valence-electron chi connectivity index (χ4n) is 2.03. The summed E-state index contributed by atoms with van der Waals surface area (Å²) in [6, 6.07) is 13.0. The van der Waals surface area contributed by atoms with Crippen LogP contribution >= 0.6 is 34.0 Å². The third-order valence-electron chi connectivity index (χ3n) is 3.02. The van der Waals surface area contributed by atoms with E-state index in [4.69, 9.17) is 5.53 Å². The number of hydrogen-bond acceptors (Lipinski definition) is 4. The van der Waals surface area contributed by atoms with Gasteiger partial charge in [-0.15, -0.1) is 34.0 Å². The molecule has 0 N–H and O–H groups in total. The van der Waals surface area contributed by atoms with Crippen LogP contribution in [0.1, 0.15) is 11.3 Å². The first-order valence-electron chi connectivity index (χ1n) is 6.60. The van der Waals surface area contributed by atoms with Gasteiger partial charge in [0.05, 0.1) is 0 Å². The van der Waals surface area contributed by atoms with E-state index in [9.17, 15) is 0 Å². The Hall–Kier alpha value is -1.59. The van der Waals surface area contributed by atoms with Crippen molar-refractivity contribution >= 4 is 34.0 Å². The Labute approximate surface area is 135 Å². The molecule has 0 atom stereocenters. The van der Waals surface area contributed by atoms with Crippen LogP contribution in [-0.4, -0.2) is 6.54 Å². The molecule has 0 saturated carbocycles. The van der Waals surface area contributed by atoms with Crippen LogP contribution in [-0.2, 0) is 6.42 Å². The maximum absolute atomic E-state index is 8.26. The molecule has 0 fully saturated rings. The Morgan fingerprint density at radius 2 is 1.71 bits per heavy atom. The summed E-state index contributed by atoms with van der Waals surface area (Å²) in [6.07, 6.45) is 1.89. The zero-order chi connectivity index (χ0) is 14.5. The molecule has 3 heterocycles. The number of thiophene rings is 3. The minimum absolute atomic E-state index is 0.575. The molecule has 3 rings (SSSR count). The first-order valence-corrected chi connectivity index (χ1v) is 9.12.